The molecule has 0 spiro atoms. The lowest BCUT2D eigenvalue weighted by molar-refractivity contribution is -0.615. The van der Waals surface area contributed by atoms with Gasteiger partial charge in [-0.25, -0.2) is 4.98 Å². The molecule has 9 heteroatoms. The van der Waals surface area contributed by atoms with Crippen LogP contribution in [0.1, 0.15) is 16.8 Å². The monoisotopic (exact) mass is 334 g/mol. The Balaban J connectivity index is 2.13. The summed E-state index contributed by atoms with van der Waals surface area (Å²) in [6.07, 6.45) is 3.03. The van der Waals surface area contributed by atoms with Gasteiger partial charge in [0.15, 0.2) is 17.0 Å². The first-order valence-electron chi connectivity index (χ1n) is 6.82. The average Bonchev–Trinajstić information content (AvgIpc) is 2.87. The fraction of sp³-hybridized carbons (Fsp3) is 0.286. The summed E-state index contributed by atoms with van der Waals surface area (Å²) < 4.78 is 7.90. The van der Waals surface area contributed by atoms with Gasteiger partial charge >= 0.3 is 0 Å². The van der Waals surface area contributed by atoms with Crippen molar-refractivity contribution >= 4 is 28.7 Å². The van der Waals surface area contributed by atoms with Crippen LogP contribution in [0.15, 0.2) is 12.5 Å². The van der Waals surface area contributed by atoms with Crippen molar-refractivity contribution in [1.29, 1.82) is 0 Å². The van der Waals surface area contributed by atoms with E-state index in [1.165, 1.54) is 6.20 Å². The maximum absolute atomic E-state index is 12.3. The van der Waals surface area contributed by atoms with E-state index in [9.17, 15) is 5.21 Å². The third-order valence-corrected chi connectivity index (χ3v) is 3.93. The number of nitrogen functional groups attached to an aromatic ring is 1. The van der Waals surface area contributed by atoms with Crippen LogP contribution >= 0.6 is 11.6 Å². The predicted molar refractivity (Wildman–Crippen MR) is 85.3 cm³/mol. The molecule has 0 saturated carbocycles. The van der Waals surface area contributed by atoms with E-state index in [-0.39, 0.29) is 17.6 Å². The Morgan fingerprint density at radius 1 is 1.39 bits per heavy atom. The van der Waals surface area contributed by atoms with Crippen LogP contribution < -0.4 is 15.2 Å². The van der Waals surface area contributed by atoms with E-state index >= 15 is 0 Å². The Bertz CT molecular complexity index is 908. The highest BCUT2D eigenvalue weighted by atomic mass is 35.5. The lowest BCUT2D eigenvalue weighted by Crippen LogP contribution is -2.34. The summed E-state index contributed by atoms with van der Waals surface area (Å²) >= 11 is 6.02. The number of nitrogens with two attached hydrogens (primary N) is 1. The smallest absolute Gasteiger partial charge is 0.223 e. The molecular weight excluding hydrogens is 320 g/mol. The van der Waals surface area contributed by atoms with Gasteiger partial charge in [-0.2, -0.15) is 14.7 Å². The number of anilines is 1. The maximum Gasteiger partial charge on any atom is 0.223 e. The maximum atomic E-state index is 12.3. The van der Waals surface area contributed by atoms with Gasteiger partial charge in [-0.05, 0) is 13.8 Å². The zero-order chi connectivity index (χ0) is 16.7. The van der Waals surface area contributed by atoms with Crippen molar-refractivity contribution in [2.75, 3.05) is 12.8 Å². The second-order valence-corrected chi connectivity index (χ2v) is 5.52. The number of imidazole rings is 1. The number of aryl methyl sites for hydroxylation is 1. The standard InChI is InChI=1S/C14H15ClN6O2/c1-7-4-21(22)9(8(2)11(7)23-3)5-20-6-17-10-12(15)18-14(16)19-13(10)20/h4,6H,5H2,1-3H3,(H2,16,18,19). The Labute approximate surface area is 137 Å². The molecule has 0 aliphatic carbocycles. The van der Waals surface area contributed by atoms with Gasteiger partial charge in [-0.3, -0.25) is 0 Å². The molecule has 0 aliphatic heterocycles. The van der Waals surface area contributed by atoms with Crippen LogP contribution in [0.3, 0.4) is 0 Å². The van der Waals surface area contributed by atoms with Gasteiger partial charge in [0.1, 0.15) is 17.8 Å². The Kier molecular flexibility index (Phi) is 3.69. The molecule has 0 atom stereocenters. The highest BCUT2D eigenvalue weighted by molar-refractivity contribution is 6.33. The van der Waals surface area contributed by atoms with Crippen molar-refractivity contribution in [2.45, 2.75) is 20.4 Å². The van der Waals surface area contributed by atoms with Crippen molar-refractivity contribution in [1.82, 2.24) is 19.5 Å². The van der Waals surface area contributed by atoms with Crippen LogP contribution in [0.2, 0.25) is 5.15 Å². The first-order chi connectivity index (χ1) is 10.9. The van der Waals surface area contributed by atoms with Crippen LogP contribution in [-0.4, -0.2) is 26.6 Å². The third-order valence-electron chi connectivity index (χ3n) is 3.67. The van der Waals surface area contributed by atoms with Gasteiger partial charge in [0.05, 0.1) is 24.6 Å². The van der Waals surface area contributed by atoms with Crippen LogP contribution in [0.5, 0.6) is 5.75 Å². The normalized spacial score (nSPS) is 11.1. The topological polar surface area (TPSA) is 106 Å². The van der Waals surface area contributed by atoms with Crippen LogP contribution in [-0.2, 0) is 6.54 Å². The molecule has 3 rings (SSSR count). The van der Waals surface area contributed by atoms with E-state index in [0.29, 0.717) is 22.6 Å². The fourth-order valence-corrected chi connectivity index (χ4v) is 2.83. The van der Waals surface area contributed by atoms with Crippen molar-refractivity contribution in [2.24, 2.45) is 0 Å². The first-order valence-corrected chi connectivity index (χ1v) is 7.20. The molecule has 0 unspecified atom stereocenters. The third kappa shape index (κ3) is 2.50. The molecule has 0 radical (unpaired) electrons. The van der Waals surface area contributed by atoms with E-state index in [0.717, 1.165) is 15.9 Å². The molecule has 0 bridgehead atoms. The molecule has 0 aliphatic rings. The number of fused-ring (bicyclic) bond motifs is 1. The lowest BCUT2D eigenvalue weighted by Gasteiger charge is -2.13. The molecule has 3 aromatic rings. The van der Waals surface area contributed by atoms with Gasteiger partial charge in [-0.1, -0.05) is 11.6 Å². The summed E-state index contributed by atoms with van der Waals surface area (Å²) in [5, 5.41) is 12.4. The molecule has 2 N–H and O–H groups in total. The van der Waals surface area contributed by atoms with Crippen molar-refractivity contribution in [3.05, 3.63) is 39.7 Å². The summed E-state index contributed by atoms with van der Waals surface area (Å²) in [5.41, 5.74) is 8.61. The average molecular weight is 335 g/mol. The molecule has 3 aromatic heterocycles. The van der Waals surface area contributed by atoms with E-state index in [1.54, 1.807) is 18.0 Å². The Hall–Kier alpha value is -2.61. The van der Waals surface area contributed by atoms with Gasteiger partial charge in [0.2, 0.25) is 11.6 Å². The van der Waals surface area contributed by atoms with Crippen molar-refractivity contribution in [3.8, 4) is 5.75 Å². The lowest BCUT2D eigenvalue weighted by atomic mass is 10.1. The number of hydrogen-bond donors (Lipinski definition) is 1. The second kappa shape index (κ2) is 5.54. The minimum Gasteiger partial charge on any atom is -0.618 e. The SMILES string of the molecule is COc1c(C)c[n+]([O-])c(Cn2cnc3c(Cl)nc(N)nc32)c1C. The van der Waals surface area contributed by atoms with Crippen LogP contribution in [0, 0.1) is 19.1 Å². The molecule has 120 valence electrons. The number of pyridine rings is 1. The molecule has 8 nitrogen and oxygen atoms in total. The molecule has 3 heterocycles. The summed E-state index contributed by atoms with van der Waals surface area (Å²) in [4.78, 5) is 12.2. The first kappa shape index (κ1) is 15.3. The number of halogens is 1. The highest BCUT2D eigenvalue weighted by Gasteiger charge is 2.20. The largest absolute Gasteiger partial charge is 0.618 e. The number of rotatable bonds is 3. The van der Waals surface area contributed by atoms with Gasteiger partial charge in [0.25, 0.3) is 0 Å². The Morgan fingerprint density at radius 2 is 2.13 bits per heavy atom. The summed E-state index contributed by atoms with van der Waals surface area (Å²) in [5.74, 6) is 0.737. The zero-order valence-corrected chi connectivity index (χ0v) is 13.6. The van der Waals surface area contributed by atoms with E-state index in [4.69, 9.17) is 22.1 Å². The van der Waals surface area contributed by atoms with E-state index in [2.05, 4.69) is 15.0 Å². The van der Waals surface area contributed by atoms with Crippen LogP contribution in [0.4, 0.5) is 5.95 Å². The molecule has 23 heavy (non-hydrogen) atoms. The number of hydrogen-bond acceptors (Lipinski definition) is 6. The molecule has 0 aromatic carbocycles. The predicted octanol–water partition coefficient (Wildman–Crippen LogP) is 1.37. The number of aromatic nitrogens is 5. The minimum absolute atomic E-state index is 0.0532. The van der Waals surface area contributed by atoms with Gasteiger partial charge in [0, 0.05) is 0 Å². The Morgan fingerprint density at radius 3 is 2.83 bits per heavy atom. The van der Waals surface area contributed by atoms with E-state index in [1.807, 2.05) is 13.8 Å². The highest BCUT2D eigenvalue weighted by Crippen LogP contribution is 2.25. The van der Waals surface area contributed by atoms with Gasteiger partial charge in [-0.15, -0.1) is 0 Å². The summed E-state index contributed by atoms with van der Waals surface area (Å²) in [7, 11) is 1.58. The number of methoxy groups -OCH3 is 1. The minimum atomic E-state index is 0.0532. The fourth-order valence-electron chi connectivity index (χ4n) is 2.61. The summed E-state index contributed by atoms with van der Waals surface area (Å²) in [6.45, 7) is 3.92. The summed E-state index contributed by atoms with van der Waals surface area (Å²) in [6, 6.07) is 0. The molecule has 0 fully saturated rings. The molecular formula is C14H15ClN6O2. The van der Waals surface area contributed by atoms with Crippen molar-refractivity contribution < 1.29 is 9.47 Å². The quantitative estimate of drug-likeness (QED) is 0.440. The number of ether oxygens (including phenoxy) is 1. The number of nitrogens with zero attached hydrogens (tertiary/aromatic N) is 5. The van der Waals surface area contributed by atoms with Crippen molar-refractivity contribution in [3.63, 3.8) is 0 Å². The zero-order valence-electron chi connectivity index (χ0n) is 12.9. The second-order valence-electron chi connectivity index (χ2n) is 5.16. The van der Waals surface area contributed by atoms with E-state index < -0.39 is 0 Å². The van der Waals surface area contributed by atoms with Gasteiger partial charge < -0.3 is 20.2 Å². The molecule has 0 saturated heterocycles. The van der Waals surface area contributed by atoms with Crippen LogP contribution in [0.25, 0.3) is 11.2 Å². The molecule has 0 amide bonds.